The molecule has 6 heteroatoms. The summed E-state index contributed by atoms with van der Waals surface area (Å²) in [7, 11) is 0. The summed E-state index contributed by atoms with van der Waals surface area (Å²) in [5.41, 5.74) is 0.939. The van der Waals surface area contributed by atoms with E-state index in [0.717, 1.165) is 15.3 Å². The largest absolute Gasteiger partial charge is 0.283 e. The van der Waals surface area contributed by atoms with Crippen molar-refractivity contribution in [3.8, 4) is 6.07 Å². The van der Waals surface area contributed by atoms with Gasteiger partial charge in [0.05, 0.1) is 16.7 Å². The molecule has 0 aliphatic heterocycles. The number of hydrogen-bond donors (Lipinski definition) is 0. The molecule has 2 heterocycles. The van der Waals surface area contributed by atoms with Crippen molar-refractivity contribution in [3.63, 3.8) is 0 Å². The number of aromatic nitrogens is 2. The van der Waals surface area contributed by atoms with Crippen molar-refractivity contribution in [1.82, 2.24) is 9.55 Å². The maximum absolute atomic E-state index is 12.6. The Morgan fingerprint density at radius 2 is 2.30 bits per heavy atom. The van der Waals surface area contributed by atoms with Gasteiger partial charge in [0.1, 0.15) is 4.83 Å². The number of fused-ring (bicyclic) bond motifs is 1. The van der Waals surface area contributed by atoms with Gasteiger partial charge in [-0.2, -0.15) is 5.26 Å². The maximum Gasteiger partial charge on any atom is 0.263 e. The van der Waals surface area contributed by atoms with Crippen LogP contribution in [0.3, 0.4) is 0 Å². The Balaban J connectivity index is 2.74. The first-order chi connectivity index (χ1) is 9.49. The van der Waals surface area contributed by atoms with Crippen LogP contribution >= 0.6 is 23.1 Å². The first-order valence-electron chi connectivity index (χ1n) is 6.17. The van der Waals surface area contributed by atoms with Gasteiger partial charge in [0.25, 0.3) is 5.56 Å². The summed E-state index contributed by atoms with van der Waals surface area (Å²) in [6, 6.07) is 2.15. The van der Waals surface area contributed by atoms with Crippen LogP contribution in [0.4, 0.5) is 0 Å². The lowest BCUT2D eigenvalue weighted by atomic mass is 10.2. The molecule has 0 spiro atoms. The Kier molecular flexibility index (Phi) is 4.31. The first kappa shape index (κ1) is 14.8. The Hall–Kier alpha value is -1.58. The fraction of sp³-hybridized carbons (Fsp3) is 0.357. The van der Waals surface area contributed by atoms with E-state index in [4.69, 9.17) is 5.26 Å². The van der Waals surface area contributed by atoms with Gasteiger partial charge in [0.15, 0.2) is 5.16 Å². The standard InChI is InChI=1S/C14H15N3OS2/c1-5-6-17-13(18)11-9(3)10(4)20-12(11)16-14(17)19-8(2)7-15/h5,8H,1,6H2,2-4H3. The van der Waals surface area contributed by atoms with Gasteiger partial charge in [-0.05, 0) is 26.3 Å². The fourth-order valence-corrected chi connectivity index (χ4v) is 3.75. The van der Waals surface area contributed by atoms with E-state index in [9.17, 15) is 4.79 Å². The normalized spacial score (nSPS) is 12.3. The van der Waals surface area contributed by atoms with Crippen molar-refractivity contribution >= 4 is 33.3 Å². The van der Waals surface area contributed by atoms with E-state index in [2.05, 4.69) is 17.6 Å². The van der Waals surface area contributed by atoms with Gasteiger partial charge in [-0.25, -0.2) is 4.98 Å². The third-order valence-corrected chi connectivity index (χ3v) is 5.11. The van der Waals surface area contributed by atoms with E-state index in [1.165, 1.54) is 23.1 Å². The number of thioether (sulfide) groups is 1. The van der Waals surface area contributed by atoms with E-state index >= 15 is 0 Å². The van der Waals surface area contributed by atoms with Gasteiger partial charge < -0.3 is 0 Å². The van der Waals surface area contributed by atoms with E-state index in [-0.39, 0.29) is 10.8 Å². The number of hydrogen-bond acceptors (Lipinski definition) is 5. The minimum absolute atomic E-state index is 0.0515. The summed E-state index contributed by atoms with van der Waals surface area (Å²) >= 11 is 2.83. The summed E-state index contributed by atoms with van der Waals surface area (Å²) in [6.07, 6.45) is 1.67. The number of thiophene rings is 1. The third kappa shape index (κ3) is 2.51. The molecule has 0 saturated carbocycles. The lowest BCUT2D eigenvalue weighted by molar-refractivity contribution is 0.672. The van der Waals surface area contributed by atoms with E-state index in [0.29, 0.717) is 17.1 Å². The average Bonchev–Trinajstić information content (AvgIpc) is 2.69. The summed E-state index contributed by atoms with van der Waals surface area (Å²) in [5, 5.41) is 9.96. The van der Waals surface area contributed by atoms with Crippen molar-refractivity contribution < 1.29 is 0 Å². The lowest BCUT2D eigenvalue weighted by Gasteiger charge is -2.10. The molecule has 2 rings (SSSR count). The molecular formula is C14H15N3OS2. The van der Waals surface area contributed by atoms with Crippen LogP contribution in [0.5, 0.6) is 0 Å². The molecule has 0 fully saturated rings. The van der Waals surface area contributed by atoms with Gasteiger partial charge in [0.2, 0.25) is 0 Å². The molecule has 0 aliphatic carbocycles. The van der Waals surface area contributed by atoms with E-state index < -0.39 is 0 Å². The molecule has 2 aromatic rings. The predicted molar refractivity (Wildman–Crippen MR) is 84.5 cm³/mol. The second-order valence-electron chi connectivity index (χ2n) is 4.45. The second kappa shape index (κ2) is 5.81. The monoisotopic (exact) mass is 305 g/mol. The number of aryl methyl sites for hydroxylation is 2. The molecule has 0 amide bonds. The highest BCUT2D eigenvalue weighted by Gasteiger charge is 2.17. The fourth-order valence-electron chi connectivity index (χ4n) is 1.87. The highest BCUT2D eigenvalue weighted by Crippen LogP contribution is 2.29. The number of nitrogens with zero attached hydrogens (tertiary/aromatic N) is 3. The van der Waals surface area contributed by atoms with Crippen molar-refractivity contribution in [2.45, 2.75) is 37.7 Å². The molecule has 0 saturated heterocycles. The summed E-state index contributed by atoms with van der Waals surface area (Å²) in [6.45, 7) is 9.82. The Morgan fingerprint density at radius 1 is 1.60 bits per heavy atom. The number of rotatable bonds is 4. The minimum atomic E-state index is -0.252. The molecule has 0 aromatic carbocycles. The minimum Gasteiger partial charge on any atom is -0.283 e. The van der Waals surface area contributed by atoms with E-state index in [1.54, 1.807) is 17.6 Å². The summed E-state index contributed by atoms with van der Waals surface area (Å²) < 4.78 is 1.59. The van der Waals surface area contributed by atoms with Gasteiger partial charge in [-0.3, -0.25) is 9.36 Å². The molecule has 0 radical (unpaired) electrons. The lowest BCUT2D eigenvalue weighted by Crippen LogP contribution is -2.23. The van der Waals surface area contributed by atoms with Crippen LogP contribution in [0.15, 0.2) is 22.6 Å². The molecule has 1 unspecified atom stereocenters. The second-order valence-corrected chi connectivity index (χ2v) is 6.96. The van der Waals surface area contributed by atoms with Crippen LogP contribution in [0, 0.1) is 25.2 Å². The van der Waals surface area contributed by atoms with Crippen LogP contribution in [0.25, 0.3) is 10.2 Å². The Labute approximate surface area is 125 Å². The van der Waals surface area contributed by atoms with Crippen LogP contribution in [-0.2, 0) is 6.54 Å². The average molecular weight is 305 g/mol. The molecule has 2 aromatic heterocycles. The Bertz CT molecular complexity index is 767. The molecule has 20 heavy (non-hydrogen) atoms. The zero-order chi connectivity index (χ0) is 14.9. The number of allylic oxidation sites excluding steroid dienone is 1. The van der Waals surface area contributed by atoms with Crippen molar-refractivity contribution in [1.29, 1.82) is 5.26 Å². The van der Waals surface area contributed by atoms with Crippen LogP contribution in [0.1, 0.15) is 17.4 Å². The highest BCUT2D eigenvalue weighted by molar-refractivity contribution is 8.00. The molecule has 0 bridgehead atoms. The van der Waals surface area contributed by atoms with Crippen LogP contribution in [0.2, 0.25) is 0 Å². The summed E-state index contributed by atoms with van der Waals surface area (Å²) in [4.78, 5) is 19.0. The van der Waals surface area contributed by atoms with Gasteiger partial charge in [-0.15, -0.1) is 17.9 Å². The third-order valence-electron chi connectivity index (χ3n) is 3.03. The van der Waals surface area contributed by atoms with Gasteiger partial charge in [-0.1, -0.05) is 17.8 Å². The van der Waals surface area contributed by atoms with Crippen molar-refractivity contribution in [3.05, 3.63) is 33.4 Å². The van der Waals surface area contributed by atoms with Gasteiger partial charge in [0, 0.05) is 11.4 Å². The smallest absolute Gasteiger partial charge is 0.263 e. The summed E-state index contributed by atoms with van der Waals surface area (Å²) in [5.74, 6) is 0. The molecule has 0 aliphatic rings. The van der Waals surface area contributed by atoms with Crippen LogP contribution in [-0.4, -0.2) is 14.8 Å². The number of nitriles is 1. The Morgan fingerprint density at radius 3 is 2.90 bits per heavy atom. The molecule has 1 atom stereocenters. The molecular weight excluding hydrogens is 290 g/mol. The molecule has 4 nitrogen and oxygen atoms in total. The van der Waals surface area contributed by atoms with Gasteiger partial charge >= 0.3 is 0 Å². The zero-order valence-electron chi connectivity index (χ0n) is 11.6. The highest BCUT2D eigenvalue weighted by atomic mass is 32.2. The SMILES string of the molecule is C=CCn1c(SC(C)C#N)nc2sc(C)c(C)c2c1=O. The first-order valence-corrected chi connectivity index (χ1v) is 7.87. The van der Waals surface area contributed by atoms with Crippen LogP contribution < -0.4 is 5.56 Å². The van der Waals surface area contributed by atoms with E-state index in [1.807, 2.05) is 13.8 Å². The topological polar surface area (TPSA) is 58.7 Å². The maximum atomic E-state index is 12.6. The molecule has 0 N–H and O–H groups in total. The zero-order valence-corrected chi connectivity index (χ0v) is 13.3. The molecule has 104 valence electrons. The quantitative estimate of drug-likeness (QED) is 0.494. The van der Waals surface area contributed by atoms with Crippen molar-refractivity contribution in [2.75, 3.05) is 0 Å². The van der Waals surface area contributed by atoms with Crippen molar-refractivity contribution in [2.24, 2.45) is 0 Å². The predicted octanol–water partition coefficient (Wildman–Crippen LogP) is 3.27.